The maximum atomic E-state index is 5.97. The Labute approximate surface area is 129 Å². The van der Waals surface area contributed by atoms with Gasteiger partial charge in [-0.3, -0.25) is 4.90 Å². The second-order valence-corrected chi connectivity index (χ2v) is 5.97. The van der Waals surface area contributed by atoms with Gasteiger partial charge in [-0.15, -0.1) is 0 Å². The van der Waals surface area contributed by atoms with E-state index in [0.29, 0.717) is 19.8 Å². The van der Waals surface area contributed by atoms with Gasteiger partial charge >= 0.3 is 0 Å². The van der Waals surface area contributed by atoms with Gasteiger partial charge in [0.1, 0.15) is 13.2 Å². The molecule has 1 aliphatic rings. The highest BCUT2D eigenvalue weighted by atomic mass is 79.9. The SMILES string of the molecule is CCCCN(C)C(CN)c1cc(Br)c2c(c1)OCCO2. The van der Waals surface area contributed by atoms with Crippen molar-refractivity contribution >= 4 is 15.9 Å². The summed E-state index contributed by atoms with van der Waals surface area (Å²) in [6.07, 6.45) is 2.37. The zero-order valence-electron chi connectivity index (χ0n) is 12.2. The molecule has 1 atom stereocenters. The zero-order chi connectivity index (χ0) is 14.5. The molecule has 1 aromatic rings. The Balaban J connectivity index is 2.23. The fourth-order valence-corrected chi connectivity index (χ4v) is 3.03. The highest BCUT2D eigenvalue weighted by Gasteiger charge is 2.21. The molecule has 0 bridgehead atoms. The first-order chi connectivity index (χ1) is 9.67. The molecule has 0 spiro atoms. The lowest BCUT2D eigenvalue weighted by molar-refractivity contribution is 0.169. The predicted octanol–water partition coefficient (Wildman–Crippen LogP) is 2.95. The number of likely N-dealkylation sites (N-methyl/N-ethyl adjacent to an activating group) is 1. The second kappa shape index (κ2) is 7.29. The molecule has 0 aromatic heterocycles. The zero-order valence-corrected chi connectivity index (χ0v) is 13.8. The van der Waals surface area contributed by atoms with E-state index in [2.05, 4.69) is 46.9 Å². The molecular weight excluding hydrogens is 320 g/mol. The van der Waals surface area contributed by atoms with E-state index >= 15 is 0 Å². The molecule has 0 fully saturated rings. The van der Waals surface area contributed by atoms with Crippen molar-refractivity contribution in [2.75, 3.05) is 33.4 Å². The van der Waals surface area contributed by atoms with Crippen molar-refractivity contribution < 1.29 is 9.47 Å². The number of nitrogens with zero attached hydrogens (tertiary/aromatic N) is 1. The van der Waals surface area contributed by atoms with Crippen molar-refractivity contribution in [1.29, 1.82) is 0 Å². The highest BCUT2D eigenvalue weighted by Crippen LogP contribution is 2.40. The number of unbranched alkanes of at least 4 members (excludes halogenated alkanes) is 1. The van der Waals surface area contributed by atoms with Crippen molar-refractivity contribution in [3.8, 4) is 11.5 Å². The lowest BCUT2D eigenvalue weighted by atomic mass is 10.0. The van der Waals surface area contributed by atoms with Gasteiger partial charge in [0.05, 0.1) is 4.47 Å². The molecule has 0 saturated carbocycles. The fourth-order valence-electron chi connectivity index (χ4n) is 2.46. The molecule has 112 valence electrons. The number of nitrogens with two attached hydrogens (primary N) is 1. The van der Waals surface area contributed by atoms with Crippen LogP contribution in [0.1, 0.15) is 31.4 Å². The topological polar surface area (TPSA) is 47.7 Å². The molecule has 1 heterocycles. The van der Waals surface area contributed by atoms with Gasteiger partial charge in [0.15, 0.2) is 11.5 Å². The van der Waals surface area contributed by atoms with Crippen molar-refractivity contribution in [2.45, 2.75) is 25.8 Å². The number of fused-ring (bicyclic) bond motifs is 1. The van der Waals surface area contributed by atoms with Crippen LogP contribution >= 0.6 is 15.9 Å². The average molecular weight is 343 g/mol. The Kier molecular flexibility index (Phi) is 5.69. The fraction of sp³-hybridized carbons (Fsp3) is 0.600. The largest absolute Gasteiger partial charge is 0.486 e. The van der Waals surface area contributed by atoms with E-state index in [-0.39, 0.29) is 6.04 Å². The van der Waals surface area contributed by atoms with Crippen LogP contribution in [0.3, 0.4) is 0 Å². The third kappa shape index (κ3) is 3.45. The summed E-state index contributed by atoms with van der Waals surface area (Å²) in [5.41, 5.74) is 7.14. The second-order valence-electron chi connectivity index (χ2n) is 5.11. The average Bonchev–Trinajstić information content (AvgIpc) is 2.46. The molecule has 0 saturated heterocycles. The van der Waals surface area contributed by atoms with Crippen LogP contribution in [-0.2, 0) is 0 Å². The Hall–Kier alpha value is -0.780. The summed E-state index contributed by atoms with van der Waals surface area (Å²) >= 11 is 3.57. The smallest absolute Gasteiger partial charge is 0.175 e. The summed E-state index contributed by atoms with van der Waals surface area (Å²) in [5.74, 6) is 1.61. The normalized spacial score (nSPS) is 15.4. The monoisotopic (exact) mass is 342 g/mol. The van der Waals surface area contributed by atoms with Gasteiger partial charge in [0.2, 0.25) is 0 Å². The summed E-state index contributed by atoms with van der Waals surface area (Å²) in [5, 5.41) is 0. The van der Waals surface area contributed by atoms with Crippen LogP contribution in [0, 0.1) is 0 Å². The number of ether oxygens (including phenoxy) is 2. The number of hydrogen-bond donors (Lipinski definition) is 1. The first-order valence-electron chi connectivity index (χ1n) is 7.16. The third-order valence-electron chi connectivity index (χ3n) is 3.62. The van der Waals surface area contributed by atoms with Gasteiger partial charge in [0, 0.05) is 12.6 Å². The number of rotatable bonds is 6. The molecule has 2 N–H and O–H groups in total. The first-order valence-corrected chi connectivity index (χ1v) is 7.96. The van der Waals surface area contributed by atoms with E-state index in [1.54, 1.807) is 0 Å². The van der Waals surface area contributed by atoms with Crippen LogP contribution in [-0.4, -0.2) is 38.3 Å². The van der Waals surface area contributed by atoms with Crippen LogP contribution in [0.15, 0.2) is 16.6 Å². The van der Waals surface area contributed by atoms with E-state index in [1.807, 2.05) is 0 Å². The maximum Gasteiger partial charge on any atom is 0.175 e. The number of hydrogen-bond acceptors (Lipinski definition) is 4. The molecule has 0 radical (unpaired) electrons. The van der Waals surface area contributed by atoms with E-state index in [4.69, 9.17) is 15.2 Å². The predicted molar refractivity (Wildman–Crippen MR) is 84.5 cm³/mol. The van der Waals surface area contributed by atoms with Gasteiger partial charge < -0.3 is 15.2 Å². The minimum absolute atomic E-state index is 0.202. The summed E-state index contributed by atoms with van der Waals surface area (Å²) in [6, 6.07) is 4.35. The van der Waals surface area contributed by atoms with E-state index in [1.165, 1.54) is 18.4 Å². The molecule has 0 aliphatic carbocycles. The number of halogens is 1. The van der Waals surface area contributed by atoms with Gasteiger partial charge in [-0.2, -0.15) is 0 Å². The lowest BCUT2D eigenvalue weighted by Crippen LogP contribution is -2.31. The Morgan fingerprint density at radius 1 is 1.35 bits per heavy atom. The van der Waals surface area contributed by atoms with Crippen molar-refractivity contribution in [3.63, 3.8) is 0 Å². The summed E-state index contributed by atoms with van der Waals surface area (Å²) in [6.45, 7) is 5.03. The standard InChI is InChI=1S/C15H23BrN2O2/c1-3-4-5-18(2)13(10-17)11-8-12(16)15-14(9-11)19-6-7-20-15/h8-9,13H,3-7,10,17H2,1-2H3. The van der Waals surface area contributed by atoms with Crippen molar-refractivity contribution in [3.05, 3.63) is 22.2 Å². The molecule has 1 aromatic carbocycles. The van der Waals surface area contributed by atoms with Crippen LogP contribution in [0.5, 0.6) is 11.5 Å². The summed E-state index contributed by atoms with van der Waals surface area (Å²) in [7, 11) is 2.12. The lowest BCUT2D eigenvalue weighted by Gasteiger charge is -2.29. The van der Waals surface area contributed by atoms with Crippen LogP contribution in [0.4, 0.5) is 0 Å². The van der Waals surface area contributed by atoms with E-state index in [9.17, 15) is 0 Å². The summed E-state index contributed by atoms with van der Waals surface area (Å²) < 4.78 is 12.3. The molecule has 1 unspecified atom stereocenters. The Bertz CT molecular complexity index is 454. The maximum absolute atomic E-state index is 5.97. The molecule has 4 nitrogen and oxygen atoms in total. The molecule has 20 heavy (non-hydrogen) atoms. The van der Waals surface area contributed by atoms with Gasteiger partial charge in [0.25, 0.3) is 0 Å². The molecule has 1 aliphatic heterocycles. The molecule has 5 heteroatoms. The van der Waals surface area contributed by atoms with Gasteiger partial charge in [-0.05, 0) is 53.6 Å². The van der Waals surface area contributed by atoms with Crippen LogP contribution in [0.2, 0.25) is 0 Å². The van der Waals surface area contributed by atoms with E-state index in [0.717, 1.165) is 22.5 Å². The quantitative estimate of drug-likeness (QED) is 0.863. The summed E-state index contributed by atoms with van der Waals surface area (Å²) in [4.78, 5) is 2.31. The van der Waals surface area contributed by atoms with Crippen LogP contribution < -0.4 is 15.2 Å². The Morgan fingerprint density at radius 2 is 2.10 bits per heavy atom. The third-order valence-corrected chi connectivity index (χ3v) is 4.21. The van der Waals surface area contributed by atoms with Crippen LogP contribution in [0.25, 0.3) is 0 Å². The minimum Gasteiger partial charge on any atom is -0.486 e. The molecule has 0 amide bonds. The van der Waals surface area contributed by atoms with Gasteiger partial charge in [-0.25, -0.2) is 0 Å². The molecular formula is C15H23BrN2O2. The van der Waals surface area contributed by atoms with E-state index < -0.39 is 0 Å². The van der Waals surface area contributed by atoms with Crippen molar-refractivity contribution in [1.82, 2.24) is 4.90 Å². The first kappa shape index (κ1) is 15.6. The minimum atomic E-state index is 0.202. The Morgan fingerprint density at radius 3 is 2.80 bits per heavy atom. The number of benzene rings is 1. The highest BCUT2D eigenvalue weighted by molar-refractivity contribution is 9.10. The van der Waals surface area contributed by atoms with Gasteiger partial charge in [-0.1, -0.05) is 13.3 Å². The molecule has 2 rings (SSSR count). The van der Waals surface area contributed by atoms with Crippen molar-refractivity contribution in [2.24, 2.45) is 5.73 Å².